The second-order valence-electron chi connectivity index (χ2n) is 4.50. The monoisotopic (exact) mass is 319 g/mol. The standard InChI is InChI=1S/C14H13N3O2S2/c18-12(15-5-3-10-2-1-6-20-10)8-17-9-16-13-11(14(17)19)4-7-21-13/h1-2,4,6-7,9H,3,5,8H2,(H,15,18). The summed E-state index contributed by atoms with van der Waals surface area (Å²) in [4.78, 5) is 30.1. The van der Waals surface area contributed by atoms with Gasteiger partial charge in [-0.15, -0.1) is 22.7 Å². The second kappa shape index (κ2) is 6.19. The molecule has 0 aromatic carbocycles. The highest BCUT2D eigenvalue weighted by atomic mass is 32.1. The van der Waals surface area contributed by atoms with E-state index in [0.717, 1.165) is 6.42 Å². The van der Waals surface area contributed by atoms with Crippen LogP contribution in [0.2, 0.25) is 0 Å². The highest BCUT2D eigenvalue weighted by Gasteiger charge is 2.08. The molecule has 0 radical (unpaired) electrons. The lowest BCUT2D eigenvalue weighted by atomic mass is 10.3. The van der Waals surface area contributed by atoms with Gasteiger partial charge in [-0.25, -0.2) is 4.98 Å². The first-order valence-electron chi connectivity index (χ1n) is 6.46. The Morgan fingerprint density at radius 3 is 3.00 bits per heavy atom. The van der Waals surface area contributed by atoms with Gasteiger partial charge in [0, 0.05) is 11.4 Å². The zero-order chi connectivity index (χ0) is 14.7. The van der Waals surface area contributed by atoms with Gasteiger partial charge in [-0.3, -0.25) is 14.2 Å². The minimum atomic E-state index is -0.176. The van der Waals surface area contributed by atoms with Crippen LogP contribution in [0.1, 0.15) is 4.88 Å². The molecule has 1 amide bonds. The van der Waals surface area contributed by atoms with Gasteiger partial charge in [-0.05, 0) is 29.3 Å². The molecule has 0 aliphatic rings. The largest absolute Gasteiger partial charge is 0.354 e. The minimum absolute atomic E-state index is 0.00204. The fourth-order valence-corrected chi connectivity index (χ4v) is 3.43. The van der Waals surface area contributed by atoms with Crippen molar-refractivity contribution in [3.05, 3.63) is 50.5 Å². The van der Waals surface area contributed by atoms with Crippen LogP contribution in [0.5, 0.6) is 0 Å². The van der Waals surface area contributed by atoms with Gasteiger partial charge in [0.1, 0.15) is 11.4 Å². The lowest BCUT2D eigenvalue weighted by Gasteiger charge is -2.06. The summed E-state index contributed by atoms with van der Waals surface area (Å²) in [7, 11) is 0. The fourth-order valence-electron chi connectivity index (χ4n) is 2.00. The fraction of sp³-hybridized carbons (Fsp3) is 0.214. The molecule has 3 aromatic rings. The molecule has 0 saturated carbocycles. The Morgan fingerprint density at radius 1 is 1.29 bits per heavy atom. The molecule has 0 aliphatic heterocycles. The molecule has 21 heavy (non-hydrogen) atoms. The summed E-state index contributed by atoms with van der Waals surface area (Å²) in [6.45, 7) is 0.574. The molecule has 0 spiro atoms. The normalized spacial score (nSPS) is 10.9. The second-order valence-corrected chi connectivity index (χ2v) is 6.42. The maximum Gasteiger partial charge on any atom is 0.262 e. The van der Waals surface area contributed by atoms with E-state index in [4.69, 9.17) is 0 Å². The molecule has 7 heteroatoms. The van der Waals surface area contributed by atoms with Crippen LogP contribution in [-0.2, 0) is 17.8 Å². The molecule has 0 saturated heterocycles. The summed E-state index contributed by atoms with van der Waals surface area (Å²) in [5, 5.41) is 7.22. The number of rotatable bonds is 5. The van der Waals surface area contributed by atoms with Crippen molar-refractivity contribution in [1.29, 1.82) is 0 Å². The topological polar surface area (TPSA) is 64.0 Å². The van der Waals surface area contributed by atoms with Gasteiger partial charge in [0.05, 0.1) is 11.7 Å². The van der Waals surface area contributed by atoms with E-state index >= 15 is 0 Å². The van der Waals surface area contributed by atoms with Crippen LogP contribution >= 0.6 is 22.7 Å². The molecule has 0 fully saturated rings. The zero-order valence-electron chi connectivity index (χ0n) is 11.1. The van der Waals surface area contributed by atoms with Crippen LogP contribution in [0.3, 0.4) is 0 Å². The summed E-state index contributed by atoms with van der Waals surface area (Å²) < 4.78 is 1.34. The average molecular weight is 319 g/mol. The Bertz CT molecular complexity index is 805. The van der Waals surface area contributed by atoms with E-state index in [9.17, 15) is 9.59 Å². The van der Waals surface area contributed by atoms with Gasteiger partial charge in [0.25, 0.3) is 5.56 Å². The highest BCUT2D eigenvalue weighted by Crippen LogP contribution is 2.13. The molecule has 3 heterocycles. The van der Waals surface area contributed by atoms with E-state index in [1.165, 1.54) is 27.1 Å². The quantitative estimate of drug-likeness (QED) is 0.781. The average Bonchev–Trinajstić information content (AvgIpc) is 3.13. The first-order valence-corrected chi connectivity index (χ1v) is 8.22. The summed E-state index contributed by atoms with van der Waals surface area (Å²) in [6, 6.07) is 5.76. The maximum atomic E-state index is 12.1. The van der Waals surface area contributed by atoms with Crippen LogP contribution in [0.25, 0.3) is 10.2 Å². The molecule has 5 nitrogen and oxygen atoms in total. The molecule has 108 valence electrons. The SMILES string of the molecule is O=C(Cn1cnc2sccc2c1=O)NCCc1cccs1. The van der Waals surface area contributed by atoms with Gasteiger partial charge in [0.15, 0.2) is 0 Å². The number of thiophene rings is 2. The Labute approximate surface area is 128 Å². The molecule has 0 bridgehead atoms. The molecule has 1 N–H and O–H groups in total. The summed E-state index contributed by atoms with van der Waals surface area (Å²) in [5.74, 6) is -0.176. The Morgan fingerprint density at radius 2 is 2.19 bits per heavy atom. The number of nitrogens with one attached hydrogen (secondary N) is 1. The van der Waals surface area contributed by atoms with E-state index in [-0.39, 0.29) is 18.0 Å². The van der Waals surface area contributed by atoms with Crippen LogP contribution in [0, 0.1) is 0 Å². The number of carbonyl (C=O) groups excluding carboxylic acids is 1. The summed E-state index contributed by atoms with van der Waals surface area (Å²) in [5.41, 5.74) is -0.172. The molecule has 3 rings (SSSR count). The third-order valence-corrected chi connectivity index (χ3v) is 4.79. The Hall–Kier alpha value is -1.99. The third-order valence-electron chi connectivity index (χ3n) is 3.04. The van der Waals surface area contributed by atoms with Crippen molar-refractivity contribution in [2.75, 3.05) is 6.54 Å². The smallest absolute Gasteiger partial charge is 0.262 e. The molecular formula is C14H13N3O2S2. The number of hydrogen-bond acceptors (Lipinski definition) is 5. The van der Waals surface area contributed by atoms with Gasteiger partial charge >= 0.3 is 0 Å². The maximum absolute atomic E-state index is 12.1. The number of amides is 1. The van der Waals surface area contributed by atoms with Crippen molar-refractivity contribution in [2.24, 2.45) is 0 Å². The van der Waals surface area contributed by atoms with E-state index < -0.39 is 0 Å². The van der Waals surface area contributed by atoms with Gasteiger partial charge in [0.2, 0.25) is 5.91 Å². The van der Waals surface area contributed by atoms with Crippen LogP contribution in [0.15, 0.2) is 40.1 Å². The predicted molar refractivity (Wildman–Crippen MR) is 84.9 cm³/mol. The summed E-state index contributed by atoms with van der Waals surface area (Å²) in [6.07, 6.45) is 2.24. The van der Waals surface area contributed by atoms with Gasteiger partial charge in [-0.2, -0.15) is 0 Å². The first-order chi connectivity index (χ1) is 10.2. The third kappa shape index (κ3) is 3.20. The van der Waals surface area contributed by atoms with Crippen LogP contribution < -0.4 is 10.9 Å². The van der Waals surface area contributed by atoms with E-state index in [1.54, 1.807) is 17.4 Å². The Kier molecular flexibility index (Phi) is 4.12. The highest BCUT2D eigenvalue weighted by molar-refractivity contribution is 7.16. The lowest BCUT2D eigenvalue weighted by molar-refractivity contribution is -0.121. The van der Waals surface area contributed by atoms with Gasteiger partial charge in [-0.1, -0.05) is 6.07 Å². The Balaban J connectivity index is 1.60. The molecule has 3 aromatic heterocycles. The summed E-state index contributed by atoms with van der Waals surface area (Å²) >= 11 is 3.09. The van der Waals surface area contributed by atoms with E-state index in [1.807, 2.05) is 22.9 Å². The van der Waals surface area contributed by atoms with E-state index in [2.05, 4.69) is 10.3 Å². The van der Waals surface area contributed by atoms with Crippen LogP contribution in [-0.4, -0.2) is 22.0 Å². The minimum Gasteiger partial charge on any atom is -0.354 e. The molecule has 0 unspecified atom stereocenters. The van der Waals surface area contributed by atoms with Crippen molar-refractivity contribution < 1.29 is 4.79 Å². The van der Waals surface area contributed by atoms with E-state index in [0.29, 0.717) is 16.8 Å². The number of aromatic nitrogens is 2. The van der Waals surface area contributed by atoms with Crippen molar-refractivity contribution >= 4 is 38.8 Å². The van der Waals surface area contributed by atoms with Crippen molar-refractivity contribution in [3.63, 3.8) is 0 Å². The van der Waals surface area contributed by atoms with Crippen molar-refractivity contribution in [1.82, 2.24) is 14.9 Å². The predicted octanol–water partition coefficient (Wildman–Crippen LogP) is 1.88. The number of carbonyl (C=O) groups is 1. The van der Waals surface area contributed by atoms with Crippen molar-refractivity contribution in [3.8, 4) is 0 Å². The van der Waals surface area contributed by atoms with Crippen molar-refractivity contribution in [2.45, 2.75) is 13.0 Å². The number of nitrogens with zero attached hydrogens (tertiary/aromatic N) is 2. The van der Waals surface area contributed by atoms with Gasteiger partial charge < -0.3 is 5.32 Å². The zero-order valence-corrected chi connectivity index (χ0v) is 12.7. The lowest BCUT2D eigenvalue weighted by Crippen LogP contribution is -2.33. The molecule has 0 atom stereocenters. The number of fused-ring (bicyclic) bond motifs is 1. The molecular weight excluding hydrogens is 306 g/mol. The number of hydrogen-bond donors (Lipinski definition) is 1. The first kappa shape index (κ1) is 14.0. The van der Waals surface area contributed by atoms with Crippen LogP contribution in [0.4, 0.5) is 0 Å². The molecule has 0 aliphatic carbocycles.